The molecule has 1 heterocycles. The number of benzene rings is 1. The summed E-state index contributed by atoms with van der Waals surface area (Å²) in [5, 5.41) is 13.0. The van der Waals surface area contributed by atoms with Crippen molar-refractivity contribution < 1.29 is 9.72 Å². The van der Waals surface area contributed by atoms with Crippen LogP contribution in [-0.2, 0) is 0 Å². The molecule has 0 atom stereocenters. The van der Waals surface area contributed by atoms with Crippen molar-refractivity contribution >= 4 is 86.7 Å². The zero-order chi connectivity index (χ0) is 20.3. The van der Waals surface area contributed by atoms with E-state index in [1.165, 1.54) is 18.2 Å². The van der Waals surface area contributed by atoms with E-state index in [1.807, 2.05) is 0 Å². The van der Waals surface area contributed by atoms with Crippen LogP contribution in [0.3, 0.4) is 0 Å². The normalized spacial score (nSPS) is 10.2. The number of nitrogens with two attached hydrogens (primary N) is 1. The fraction of sp³-hybridized carbons (Fsp3) is 0. The van der Waals surface area contributed by atoms with Crippen LogP contribution < -0.4 is 21.9 Å². The number of nitrogen functional groups attached to an aromatic ring is 1. The van der Waals surface area contributed by atoms with Crippen LogP contribution in [0.2, 0.25) is 20.2 Å². The predicted molar refractivity (Wildman–Crippen MR) is 109 cm³/mol. The van der Waals surface area contributed by atoms with Crippen LogP contribution in [0.5, 0.6) is 0 Å². The third kappa shape index (κ3) is 4.99. The number of hydrogen-bond donors (Lipinski definition) is 4. The zero-order valence-corrected chi connectivity index (χ0v) is 16.7. The minimum atomic E-state index is -0.806. The van der Waals surface area contributed by atoms with Gasteiger partial charge >= 0.3 is 0 Å². The summed E-state index contributed by atoms with van der Waals surface area (Å²) in [5.74, 6) is -0.806. The van der Waals surface area contributed by atoms with Gasteiger partial charge in [0, 0.05) is 12.1 Å². The van der Waals surface area contributed by atoms with E-state index in [2.05, 4.69) is 21.2 Å². The Hall–Kier alpha value is -2.11. The molecular formula is C13H8Cl4N6O3S. The number of aromatic nitrogens is 1. The zero-order valence-electron chi connectivity index (χ0n) is 12.8. The fourth-order valence-corrected chi connectivity index (χ4v) is 2.65. The molecule has 0 unspecified atom stereocenters. The maximum atomic E-state index is 12.2. The van der Waals surface area contributed by atoms with Gasteiger partial charge in [-0.2, -0.15) is 0 Å². The molecular weight excluding hydrogens is 462 g/mol. The Morgan fingerprint density at radius 1 is 1.19 bits per heavy atom. The quantitative estimate of drug-likeness (QED) is 0.230. The summed E-state index contributed by atoms with van der Waals surface area (Å²) in [7, 11) is 0. The fourth-order valence-electron chi connectivity index (χ4n) is 1.73. The van der Waals surface area contributed by atoms with Crippen molar-refractivity contribution in [2.75, 3.05) is 11.1 Å². The number of nitro benzene ring substituents is 1. The first-order valence-electron chi connectivity index (χ1n) is 6.73. The number of nitrogens with one attached hydrogen (secondary N) is 3. The van der Waals surface area contributed by atoms with E-state index in [9.17, 15) is 14.9 Å². The van der Waals surface area contributed by atoms with E-state index in [0.29, 0.717) is 0 Å². The number of hydrogen-bond acceptors (Lipinski definition) is 6. The van der Waals surface area contributed by atoms with Gasteiger partial charge in [0.15, 0.2) is 16.0 Å². The van der Waals surface area contributed by atoms with Crippen molar-refractivity contribution in [3.8, 4) is 0 Å². The topological polar surface area (TPSA) is 135 Å². The number of carbonyl (C=O) groups is 1. The molecule has 0 radical (unpaired) electrons. The molecule has 142 valence electrons. The smallest absolute Gasteiger partial charge is 0.289 e. The number of non-ortho nitro benzene ring substituents is 1. The summed E-state index contributed by atoms with van der Waals surface area (Å²) in [4.78, 5) is 26.1. The van der Waals surface area contributed by atoms with Crippen LogP contribution in [0.25, 0.3) is 0 Å². The van der Waals surface area contributed by atoms with E-state index in [0.717, 1.165) is 0 Å². The molecule has 2 aromatic rings. The van der Waals surface area contributed by atoms with Gasteiger partial charge in [-0.3, -0.25) is 25.8 Å². The van der Waals surface area contributed by atoms with Crippen molar-refractivity contribution in [2.45, 2.75) is 0 Å². The van der Waals surface area contributed by atoms with Crippen LogP contribution in [0.4, 0.5) is 17.1 Å². The molecule has 5 N–H and O–H groups in total. The van der Waals surface area contributed by atoms with Crippen LogP contribution in [0, 0.1) is 10.1 Å². The molecule has 0 spiro atoms. The first kappa shape index (κ1) is 21.2. The second kappa shape index (κ2) is 8.72. The Bertz CT molecular complexity index is 958. The number of amides is 1. The van der Waals surface area contributed by atoms with Gasteiger partial charge in [-0.25, -0.2) is 4.98 Å². The molecule has 1 amide bonds. The summed E-state index contributed by atoms with van der Waals surface area (Å²) in [6, 6.07) is 3.73. The molecule has 0 saturated heterocycles. The molecule has 0 bridgehead atoms. The minimum Gasteiger partial charge on any atom is -0.396 e. The SMILES string of the molecule is Nc1c(Cl)c(Cl)nc(C(=O)NNC(=S)Nc2cc([N+](=O)[O-])ccc2Cl)c1Cl. The van der Waals surface area contributed by atoms with Crippen molar-refractivity contribution in [3.63, 3.8) is 0 Å². The first-order valence-corrected chi connectivity index (χ1v) is 8.65. The number of hydrazine groups is 1. The van der Waals surface area contributed by atoms with Crippen LogP contribution in [0.15, 0.2) is 18.2 Å². The van der Waals surface area contributed by atoms with Crippen LogP contribution in [-0.4, -0.2) is 20.9 Å². The second-order valence-corrected chi connectivity index (χ2v) is 6.68. The van der Waals surface area contributed by atoms with Gasteiger partial charge in [-0.15, -0.1) is 0 Å². The minimum absolute atomic E-state index is 0.0799. The van der Waals surface area contributed by atoms with Gasteiger partial charge in [0.25, 0.3) is 11.6 Å². The average Bonchev–Trinajstić information content (AvgIpc) is 2.62. The molecule has 1 aromatic carbocycles. The molecule has 0 aliphatic carbocycles. The summed E-state index contributed by atoms with van der Waals surface area (Å²) >= 11 is 28.4. The highest BCUT2D eigenvalue weighted by Crippen LogP contribution is 2.34. The number of nitrogens with zero attached hydrogens (tertiary/aromatic N) is 2. The Balaban J connectivity index is 2.07. The summed E-state index contributed by atoms with van der Waals surface area (Å²) in [6.45, 7) is 0. The maximum Gasteiger partial charge on any atom is 0.289 e. The monoisotopic (exact) mass is 468 g/mol. The molecule has 2 rings (SSSR count). The predicted octanol–water partition coefficient (Wildman–Crippen LogP) is 3.82. The number of nitro groups is 1. The first-order chi connectivity index (χ1) is 12.6. The molecule has 0 saturated carbocycles. The highest BCUT2D eigenvalue weighted by atomic mass is 35.5. The lowest BCUT2D eigenvalue weighted by atomic mass is 10.3. The maximum absolute atomic E-state index is 12.2. The molecule has 9 nitrogen and oxygen atoms in total. The van der Waals surface area contributed by atoms with Crippen molar-refractivity contribution in [1.29, 1.82) is 0 Å². The Morgan fingerprint density at radius 2 is 1.85 bits per heavy atom. The molecule has 0 aliphatic rings. The average molecular weight is 470 g/mol. The largest absolute Gasteiger partial charge is 0.396 e. The van der Waals surface area contributed by atoms with E-state index < -0.39 is 10.8 Å². The number of carbonyl (C=O) groups excluding carboxylic acids is 1. The van der Waals surface area contributed by atoms with Gasteiger partial charge in [0.05, 0.1) is 26.3 Å². The Morgan fingerprint density at radius 3 is 2.48 bits per heavy atom. The van der Waals surface area contributed by atoms with Gasteiger partial charge < -0.3 is 11.1 Å². The lowest BCUT2D eigenvalue weighted by Crippen LogP contribution is -2.44. The molecule has 1 aromatic heterocycles. The van der Waals surface area contributed by atoms with E-state index >= 15 is 0 Å². The molecule has 14 heteroatoms. The van der Waals surface area contributed by atoms with Crippen LogP contribution >= 0.6 is 58.6 Å². The standard InChI is InChI=1S/C13H8Cl4N6O3S/c14-5-2-1-4(23(25)26)3-6(5)19-13(27)22-21-12(24)10-7(15)9(18)8(16)11(17)20-10/h1-3H,(H2,18,20)(H,21,24)(H2,19,22,27). The van der Waals surface area contributed by atoms with Gasteiger partial charge in [-0.1, -0.05) is 46.4 Å². The third-order valence-electron chi connectivity index (χ3n) is 2.99. The number of rotatable bonds is 3. The number of thiocarbonyl (C=S) groups is 1. The summed E-state index contributed by atoms with van der Waals surface area (Å²) in [5.41, 5.74) is 9.79. The number of anilines is 2. The second-order valence-electron chi connectivity index (χ2n) is 4.75. The highest BCUT2D eigenvalue weighted by molar-refractivity contribution is 7.80. The van der Waals surface area contributed by atoms with E-state index in [1.54, 1.807) is 0 Å². The van der Waals surface area contributed by atoms with Crippen molar-refractivity contribution in [3.05, 3.63) is 54.2 Å². The van der Waals surface area contributed by atoms with Crippen molar-refractivity contribution in [1.82, 2.24) is 15.8 Å². The van der Waals surface area contributed by atoms with Crippen molar-refractivity contribution in [2.24, 2.45) is 0 Å². The summed E-state index contributed by atoms with van der Waals surface area (Å²) in [6.07, 6.45) is 0. The van der Waals surface area contributed by atoms with Gasteiger partial charge in [0.1, 0.15) is 5.02 Å². The highest BCUT2D eigenvalue weighted by Gasteiger charge is 2.20. The molecule has 0 aliphatic heterocycles. The van der Waals surface area contributed by atoms with E-state index in [-0.39, 0.29) is 48.1 Å². The molecule has 27 heavy (non-hydrogen) atoms. The third-order valence-corrected chi connectivity index (χ3v) is 4.65. The lowest BCUT2D eigenvalue weighted by molar-refractivity contribution is -0.384. The number of pyridine rings is 1. The Kier molecular flexibility index (Phi) is 6.84. The van der Waals surface area contributed by atoms with E-state index in [4.69, 9.17) is 64.4 Å². The van der Waals surface area contributed by atoms with Crippen LogP contribution in [0.1, 0.15) is 10.5 Å². The molecule has 0 fully saturated rings. The lowest BCUT2D eigenvalue weighted by Gasteiger charge is -2.13. The summed E-state index contributed by atoms with van der Waals surface area (Å²) < 4.78 is 0. The number of halogens is 4. The Labute approximate surface area is 177 Å². The van der Waals surface area contributed by atoms with Gasteiger partial charge in [-0.05, 0) is 18.3 Å². The van der Waals surface area contributed by atoms with Gasteiger partial charge in [0.2, 0.25) is 0 Å².